The molecule has 1 aromatic carbocycles. The van der Waals surface area contributed by atoms with Gasteiger partial charge >= 0.3 is 0 Å². The van der Waals surface area contributed by atoms with Crippen molar-refractivity contribution in [2.45, 2.75) is 19.1 Å². The molecule has 0 aliphatic carbocycles. The largest absolute Gasteiger partial charge is 0.292 e. The lowest BCUT2D eigenvalue weighted by Crippen LogP contribution is -2.17. The normalized spacial score (nSPS) is 11.5. The molecule has 0 bridgehead atoms. The van der Waals surface area contributed by atoms with E-state index < -0.39 is 15.6 Å². The Kier molecular flexibility index (Phi) is 5.19. The van der Waals surface area contributed by atoms with E-state index in [-0.39, 0.29) is 11.5 Å². The molecular formula is C15H15ClO3S2. The van der Waals surface area contributed by atoms with Crippen molar-refractivity contribution in [1.82, 2.24) is 0 Å². The van der Waals surface area contributed by atoms with E-state index in [0.29, 0.717) is 15.5 Å². The summed E-state index contributed by atoms with van der Waals surface area (Å²) in [6.07, 6.45) is 0.838. The van der Waals surface area contributed by atoms with Crippen LogP contribution in [0.4, 0.5) is 0 Å². The minimum atomic E-state index is -3.53. The molecule has 0 saturated carbocycles. The van der Waals surface area contributed by atoms with Gasteiger partial charge in [-0.05, 0) is 30.2 Å². The first-order valence-electron chi connectivity index (χ1n) is 6.47. The quantitative estimate of drug-likeness (QED) is 0.751. The lowest BCUT2D eigenvalue weighted by atomic mass is 10.2. The van der Waals surface area contributed by atoms with Gasteiger partial charge in [-0.2, -0.15) is 0 Å². The number of Topliss-reactive ketones (excluding diaryl/α,β-unsaturated/α-hetero) is 1. The molecule has 2 rings (SSSR count). The number of hydrogen-bond acceptors (Lipinski definition) is 4. The number of aryl methyl sites for hydroxylation is 1. The number of halogens is 1. The van der Waals surface area contributed by atoms with Gasteiger partial charge < -0.3 is 0 Å². The molecule has 6 heteroatoms. The van der Waals surface area contributed by atoms with Crippen LogP contribution in [0.25, 0.3) is 0 Å². The Labute approximate surface area is 133 Å². The summed E-state index contributed by atoms with van der Waals surface area (Å²) in [5.41, 5.74) is 0.521. The van der Waals surface area contributed by atoms with Crippen molar-refractivity contribution < 1.29 is 13.2 Å². The van der Waals surface area contributed by atoms with Crippen molar-refractivity contribution in [3.8, 4) is 0 Å². The fourth-order valence-corrected chi connectivity index (χ4v) is 4.53. The molecule has 112 valence electrons. The lowest BCUT2D eigenvalue weighted by molar-refractivity contribution is 0.102. The first-order valence-corrected chi connectivity index (χ1v) is 9.48. The minimum absolute atomic E-state index is 0.218. The second kappa shape index (κ2) is 6.73. The number of rotatable bonds is 6. The molecule has 0 spiro atoms. The Bertz CT molecular complexity index is 748. The smallest absolute Gasteiger partial charge is 0.187 e. The van der Waals surface area contributed by atoms with E-state index in [2.05, 4.69) is 0 Å². The third-order valence-electron chi connectivity index (χ3n) is 2.97. The van der Waals surface area contributed by atoms with Gasteiger partial charge in [0.1, 0.15) is 5.75 Å². The van der Waals surface area contributed by atoms with Gasteiger partial charge in [-0.15, -0.1) is 11.3 Å². The van der Waals surface area contributed by atoms with Crippen LogP contribution in [0, 0.1) is 0 Å². The van der Waals surface area contributed by atoms with Gasteiger partial charge in [0, 0.05) is 9.90 Å². The Morgan fingerprint density at radius 3 is 2.52 bits per heavy atom. The number of thiophene rings is 1. The zero-order valence-corrected chi connectivity index (χ0v) is 13.9. The zero-order chi connectivity index (χ0) is 15.5. The molecule has 0 radical (unpaired) electrons. The minimum Gasteiger partial charge on any atom is -0.292 e. The standard InChI is InChI=1S/C15H15ClO3S2/c1-2-12-7-8-15(20-12)14(17)10-21(18,19)9-11-5-3-4-6-13(11)16/h3-8H,2,9-10H2,1H3. The van der Waals surface area contributed by atoms with Crippen molar-refractivity contribution in [2.24, 2.45) is 0 Å². The van der Waals surface area contributed by atoms with Crippen LogP contribution in [-0.4, -0.2) is 20.0 Å². The summed E-state index contributed by atoms with van der Waals surface area (Å²) < 4.78 is 24.3. The monoisotopic (exact) mass is 342 g/mol. The summed E-state index contributed by atoms with van der Waals surface area (Å²) in [6.45, 7) is 1.99. The van der Waals surface area contributed by atoms with Crippen LogP contribution in [0.15, 0.2) is 36.4 Å². The molecule has 0 unspecified atom stereocenters. The third-order valence-corrected chi connectivity index (χ3v) is 6.06. The number of carbonyl (C=O) groups is 1. The summed E-state index contributed by atoms with van der Waals surface area (Å²) in [6, 6.07) is 10.3. The van der Waals surface area contributed by atoms with E-state index >= 15 is 0 Å². The topological polar surface area (TPSA) is 51.2 Å². The van der Waals surface area contributed by atoms with Crippen molar-refractivity contribution in [2.75, 3.05) is 5.75 Å². The summed E-state index contributed by atoms with van der Waals surface area (Å²) in [5.74, 6) is -1.06. The van der Waals surface area contributed by atoms with Crippen molar-refractivity contribution in [1.29, 1.82) is 0 Å². The van der Waals surface area contributed by atoms with Gasteiger partial charge in [0.25, 0.3) is 0 Å². The summed E-state index contributed by atoms with van der Waals surface area (Å²) >= 11 is 7.31. The summed E-state index contributed by atoms with van der Waals surface area (Å²) in [4.78, 5) is 13.6. The van der Waals surface area contributed by atoms with Crippen LogP contribution in [-0.2, 0) is 22.0 Å². The Hall–Kier alpha value is -1.17. The van der Waals surface area contributed by atoms with Crippen LogP contribution < -0.4 is 0 Å². The van der Waals surface area contributed by atoms with E-state index in [4.69, 9.17) is 11.6 Å². The number of hydrogen-bond donors (Lipinski definition) is 0. The van der Waals surface area contributed by atoms with Crippen LogP contribution in [0.5, 0.6) is 0 Å². The van der Waals surface area contributed by atoms with Gasteiger partial charge in [-0.1, -0.05) is 36.7 Å². The van der Waals surface area contributed by atoms with Gasteiger partial charge in [-0.3, -0.25) is 4.79 Å². The van der Waals surface area contributed by atoms with Crippen LogP contribution in [0.3, 0.4) is 0 Å². The molecule has 1 heterocycles. The maximum Gasteiger partial charge on any atom is 0.187 e. The Morgan fingerprint density at radius 2 is 1.90 bits per heavy atom. The summed E-state index contributed by atoms with van der Waals surface area (Å²) in [5, 5.41) is 0.401. The summed E-state index contributed by atoms with van der Waals surface area (Å²) in [7, 11) is -3.53. The van der Waals surface area contributed by atoms with E-state index in [1.165, 1.54) is 11.3 Å². The van der Waals surface area contributed by atoms with Crippen LogP contribution in [0.2, 0.25) is 5.02 Å². The molecule has 0 aliphatic rings. The highest BCUT2D eigenvalue weighted by atomic mass is 35.5. The van der Waals surface area contributed by atoms with Crippen molar-refractivity contribution in [3.63, 3.8) is 0 Å². The second-order valence-corrected chi connectivity index (χ2v) is 8.31. The SMILES string of the molecule is CCc1ccc(C(=O)CS(=O)(=O)Cc2ccccc2Cl)s1. The van der Waals surface area contributed by atoms with E-state index in [1.807, 2.05) is 13.0 Å². The number of ketones is 1. The van der Waals surface area contributed by atoms with Gasteiger partial charge in [0.2, 0.25) is 0 Å². The van der Waals surface area contributed by atoms with Crippen molar-refractivity contribution >= 4 is 38.6 Å². The van der Waals surface area contributed by atoms with Crippen LogP contribution >= 0.6 is 22.9 Å². The Balaban J connectivity index is 2.10. The van der Waals surface area contributed by atoms with E-state index in [1.54, 1.807) is 30.3 Å². The molecule has 21 heavy (non-hydrogen) atoms. The number of sulfone groups is 1. The first-order chi connectivity index (χ1) is 9.91. The molecule has 0 amide bonds. The first kappa shape index (κ1) is 16.2. The fraction of sp³-hybridized carbons (Fsp3) is 0.267. The molecular weight excluding hydrogens is 328 g/mol. The molecule has 0 atom stereocenters. The maximum atomic E-state index is 12.1. The molecule has 0 fully saturated rings. The fourth-order valence-electron chi connectivity index (χ4n) is 1.89. The maximum absolute atomic E-state index is 12.1. The third kappa shape index (κ3) is 4.40. The van der Waals surface area contributed by atoms with E-state index in [0.717, 1.165) is 11.3 Å². The van der Waals surface area contributed by atoms with Crippen LogP contribution in [0.1, 0.15) is 27.0 Å². The average Bonchev–Trinajstić information content (AvgIpc) is 2.89. The lowest BCUT2D eigenvalue weighted by Gasteiger charge is -2.05. The zero-order valence-electron chi connectivity index (χ0n) is 11.5. The highest BCUT2D eigenvalue weighted by Gasteiger charge is 2.20. The van der Waals surface area contributed by atoms with E-state index in [9.17, 15) is 13.2 Å². The molecule has 0 saturated heterocycles. The van der Waals surface area contributed by atoms with Gasteiger partial charge in [-0.25, -0.2) is 8.42 Å². The predicted molar refractivity (Wildman–Crippen MR) is 87.0 cm³/mol. The highest BCUT2D eigenvalue weighted by molar-refractivity contribution is 7.91. The second-order valence-electron chi connectivity index (χ2n) is 4.67. The molecule has 2 aromatic rings. The number of benzene rings is 1. The van der Waals surface area contributed by atoms with Gasteiger partial charge in [0.05, 0.1) is 10.6 Å². The Morgan fingerprint density at radius 1 is 1.19 bits per heavy atom. The predicted octanol–water partition coefficient (Wildman–Crippen LogP) is 3.76. The highest BCUT2D eigenvalue weighted by Crippen LogP contribution is 2.21. The molecule has 3 nitrogen and oxygen atoms in total. The molecule has 0 N–H and O–H groups in total. The molecule has 0 aliphatic heterocycles. The van der Waals surface area contributed by atoms with Gasteiger partial charge in [0.15, 0.2) is 15.6 Å². The molecule has 1 aromatic heterocycles. The van der Waals surface area contributed by atoms with Crippen molar-refractivity contribution in [3.05, 3.63) is 56.7 Å². The number of carbonyl (C=O) groups excluding carboxylic acids is 1. The average molecular weight is 343 g/mol.